The highest BCUT2D eigenvalue weighted by Gasteiger charge is 2.14. The molecule has 0 fully saturated rings. The van der Waals surface area contributed by atoms with E-state index < -0.39 is 16.0 Å². The summed E-state index contributed by atoms with van der Waals surface area (Å²) in [5.74, 6) is -0.697. The summed E-state index contributed by atoms with van der Waals surface area (Å²) in [6, 6.07) is 5.40. The average molecular weight is 367 g/mol. The van der Waals surface area contributed by atoms with Crippen LogP contribution in [0.5, 0.6) is 0 Å². The number of rotatable bonds is 7. The van der Waals surface area contributed by atoms with Crippen molar-refractivity contribution in [3.63, 3.8) is 0 Å². The Balaban J connectivity index is 2.11. The van der Waals surface area contributed by atoms with Crippen molar-refractivity contribution in [2.75, 3.05) is 6.54 Å². The maximum Gasteiger partial charge on any atom is 0.274 e. The molecule has 1 aromatic heterocycles. The van der Waals surface area contributed by atoms with Gasteiger partial charge in [0.25, 0.3) is 10.2 Å². The SMILES string of the molecule is N#Cc1cc(N=C(N)c2nonc2CCCNS(N)(=O)=O)ccc1F. The Labute approximate surface area is 142 Å². The molecule has 2 aromatic rings. The van der Waals surface area contributed by atoms with E-state index in [1.165, 1.54) is 12.1 Å². The first-order valence-corrected chi connectivity index (χ1v) is 8.48. The van der Waals surface area contributed by atoms with E-state index in [0.29, 0.717) is 18.5 Å². The molecule has 1 aromatic carbocycles. The summed E-state index contributed by atoms with van der Waals surface area (Å²) in [6.07, 6.45) is 0.685. The van der Waals surface area contributed by atoms with Gasteiger partial charge in [0.1, 0.15) is 17.6 Å². The standard InChI is InChI=1S/C13H14FN7O3S/c14-10-4-3-9(6-8(10)7-15)19-13(16)12-11(20-24-21-12)2-1-5-18-25(17,22)23/h3-4,6,18H,1-2,5H2,(H2,16,19)(H2,17,22,23). The molecule has 0 aliphatic heterocycles. The molecule has 1 heterocycles. The van der Waals surface area contributed by atoms with Crippen LogP contribution in [-0.2, 0) is 16.6 Å². The highest BCUT2D eigenvalue weighted by molar-refractivity contribution is 7.87. The van der Waals surface area contributed by atoms with Crippen molar-refractivity contribution >= 4 is 21.7 Å². The van der Waals surface area contributed by atoms with E-state index in [-0.39, 0.29) is 29.3 Å². The quantitative estimate of drug-likeness (QED) is 0.346. The lowest BCUT2D eigenvalue weighted by molar-refractivity contribution is 0.302. The van der Waals surface area contributed by atoms with Crippen molar-refractivity contribution < 1.29 is 17.4 Å². The monoisotopic (exact) mass is 367 g/mol. The molecule has 12 heteroatoms. The molecule has 0 aliphatic carbocycles. The average Bonchev–Trinajstić information content (AvgIpc) is 3.01. The lowest BCUT2D eigenvalue weighted by Crippen LogP contribution is -2.31. The van der Waals surface area contributed by atoms with Gasteiger partial charge in [0.2, 0.25) is 0 Å². The zero-order valence-electron chi connectivity index (χ0n) is 12.8. The fourth-order valence-electron chi connectivity index (χ4n) is 1.90. The van der Waals surface area contributed by atoms with Gasteiger partial charge in [0, 0.05) is 6.54 Å². The minimum atomic E-state index is -3.76. The molecule has 10 nitrogen and oxygen atoms in total. The second kappa shape index (κ2) is 7.79. The van der Waals surface area contributed by atoms with E-state index in [9.17, 15) is 12.8 Å². The van der Waals surface area contributed by atoms with Crippen LogP contribution < -0.4 is 15.6 Å². The summed E-state index contributed by atoms with van der Waals surface area (Å²) in [4.78, 5) is 4.06. The molecule has 5 N–H and O–H groups in total. The van der Waals surface area contributed by atoms with Gasteiger partial charge in [-0.2, -0.15) is 13.7 Å². The van der Waals surface area contributed by atoms with Crippen LogP contribution in [0.4, 0.5) is 10.1 Å². The molecule has 0 radical (unpaired) electrons. The van der Waals surface area contributed by atoms with Gasteiger partial charge in [0.05, 0.1) is 11.3 Å². The minimum absolute atomic E-state index is 0.0360. The molecule has 2 rings (SSSR count). The number of halogens is 1. The van der Waals surface area contributed by atoms with E-state index >= 15 is 0 Å². The molecule has 0 unspecified atom stereocenters. The maximum atomic E-state index is 13.3. The fraction of sp³-hybridized carbons (Fsp3) is 0.231. The second-order valence-electron chi connectivity index (χ2n) is 4.88. The van der Waals surface area contributed by atoms with E-state index in [4.69, 9.17) is 16.1 Å². The van der Waals surface area contributed by atoms with Gasteiger partial charge in [-0.25, -0.2) is 23.9 Å². The number of aromatic nitrogens is 2. The van der Waals surface area contributed by atoms with Crippen molar-refractivity contribution in [2.24, 2.45) is 15.9 Å². The largest absolute Gasteiger partial charge is 0.382 e. The van der Waals surface area contributed by atoms with Crippen LogP contribution in [0.3, 0.4) is 0 Å². The predicted molar refractivity (Wildman–Crippen MR) is 85.2 cm³/mol. The van der Waals surface area contributed by atoms with Crippen LogP contribution in [0.1, 0.15) is 23.4 Å². The van der Waals surface area contributed by atoms with Crippen molar-refractivity contribution in [3.8, 4) is 6.07 Å². The summed E-state index contributed by atoms with van der Waals surface area (Å²) < 4.78 is 41.6. The van der Waals surface area contributed by atoms with Crippen LogP contribution in [-0.4, -0.2) is 31.1 Å². The molecule has 0 aliphatic rings. The lowest BCUT2D eigenvalue weighted by atomic mass is 10.2. The Morgan fingerprint density at radius 3 is 2.88 bits per heavy atom. The minimum Gasteiger partial charge on any atom is -0.382 e. The summed E-state index contributed by atoms with van der Waals surface area (Å²) in [5, 5.41) is 21.0. The first-order valence-electron chi connectivity index (χ1n) is 6.93. The van der Waals surface area contributed by atoms with Crippen molar-refractivity contribution in [3.05, 3.63) is 41.0 Å². The first-order chi connectivity index (χ1) is 11.8. The van der Waals surface area contributed by atoms with Crippen molar-refractivity contribution in [1.29, 1.82) is 5.26 Å². The number of benzene rings is 1. The number of nitriles is 1. The smallest absolute Gasteiger partial charge is 0.274 e. The lowest BCUT2D eigenvalue weighted by Gasteiger charge is -2.02. The molecule has 0 spiro atoms. The Bertz CT molecular complexity index is 933. The molecular weight excluding hydrogens is 353 g/mol. The molecule has 0 saturated carbocycles. The fourth-order valence-corrected chi connectivity index (χ4v) is 2.32. The molecule has 0 amide bonds. The van der Waals surface area contributed by atoms with Gasteiger partial charge >= 0.3 is 0 Å². The Hall–Kier alpha value is -2.88. The highest BCUT2D eigenvalue weighted by Crippen LogP contribution is 2.18. The van der Waals surface area contributed by atoms with Gasteiger partial charge in [-0.3, -0.25) is 0 Å². The molecular formula is C13H14FN7O3S. The summed E-state index contributed by atoms with van der Waals surface area (Å²) in [5.41, 5.74) is 6.51. The highest BCUT2D eigenvalue weighted by atomic mass is 32.2. The molecule has 132 valence electrons. The van der Waals surface area contributed by atoms with Crippen molar-refractivity contribution in [1.82, 2.24) is 15.0 Å². The Morgan fingerprint density at radius 1 is 1.44 bits per heavy atom. The molecule has 0 saturated heterocycles. The van der Waals surface area contributed by atoms with E-state index in [1.54, 1.807) is 6.07 Å². The van der Waals surface area contributed by atoms with Gasteiger partial charge in [-0.05, 0) is 36.2 Å². The third kappa shape index (κ3) is 5.31. The Morgan fingerprint density at radius 2 is 2.20 bits per heavy atom. The van der Waals surface area contributed by atoms with Gasteiger partial charge < -0.3 is 5.73 Å². The van der Waals surface area contributed by atoms with Crippen LogP contribution in [0.15, 0.2) is 27.8 Å². The number of aryl methyl sites for hydroxylation is 1. The second-order valence-corrected chi connectivity index (χ2v) is 6.25. The molecule has 0 atom stereocenters. The number of nitrogens with one attached hydrogen (secondary N) is 1. The summed E-state index contributed by atoms with van der Waals surface area (Å²) in [6.45, 7) is 0.103. The molecule has 25 heavy (non-hydrogen) atoms. The normalized spacial score (nSPS) is 12.1. The summed E-state index contributed by atoms with van der Waals surface area (Å²) >= 11 is 0. The third-order valence-corrected chi connectivity index (χ3v) is 3.62. The number of nitrogens with zero attached hydrogens (tertiary/aromatic N) is 4. The molecule has 0 bridgehead atoms. The van der Waals surface area contributed by atoms with Gasteiger partial charge in [-0.1, -0.05) is 5.16 Å². The number of hydrogen-bond acceptors (Lipinski definition) is 7. The van der Waals surface area contributed by atoms with Crippen LogP contribution >= 0.6 is 0 Å². The van der Waals surface area contributed by atoms with E-state index in [0.717, 1.165) is 6.07 Å². The van der Waals surface area contributed by atoms with Gasteiger partial charge in [0.15, 0.2) is 11.5 Å². The third-order valence-electron chi connectivity index (χ3n) is 3.01. The number of nitrogens with two attached hydrogens (primary N) is 2. The number of amidine groups is 1. The van der Waals surface area contributed by atoms with Crippen LogP contribution in [0.25, 0.3) is 0 Å². The van der Waals surface area contributed by atoms with Gasteiger partial charge in [-0.15, -0.1) is 0 Å². The number of aliphatic imine (C=N–C) groups is 1. The zero-order chi connectivity index (χ0) is 18.4. The maximum absolute atomic E-state index is 13.3. The van der Waals surface area contributed by atoms with Crippen LogP contribution in [0.2, 0.25) is 0 Å². The van der Waals surface area contributed by atoms with Crippen molar-refractivity contribution in [2.45, 2.75) is 12.8 Å². The van der Waals surface area contributed by atoms with Crippen LogP contribution in [0, 0.1) is 17.1 Å². The van der Waals surface area contributed by atoms with E-state index in [2.05, 4.69) is 24.7 Å². The predicted octanol–water partition coefficient (Wildman–Crippen LogP) is -0.157. The topological polar surface area (TPSA) is 173 Å². The number of hydrogen-bond donors (Lipinski definition) is 3. The Kier molecular flexibility index (Phi) is 5.75. The first kappa shape index (κ1) is 18.5. The zero-order valence-corrected chi connectivity index (χ0v) is 13.6. The summed E-state index contributed by atoms with van der Waals surface area (Å²) in [7, 11) is -3.76. The van der Waals surface area contributed by atoms with E-state index in [1.807, 2.05) is 0 Å².